The molecule has 7 heteroatoms. The van der Waals surface area contributed by atoms with Gasteiger partial charge in [-0.25, -0.2) is 8.42 Å². The molecule has 0 aromatic carbocycles. The monoisotopic (exact) mass is 252 g/mol. The Hall–Kier alpha value is 0.450. The summed E-state index contributed by atoms with van der Waals surface area (Å²) in [7, 11) is -2.87. The Kier molecular flexibility index (Phi) is 15.5. The van der Waals surface area contributed by atoms with Crippen LogP contribution in [0, 0.1) is 0 Å². The van der Waals surface area contributed by atoms with Gasteiger partial charge in [0.15, 0.2) is 0 Å². The summed E-state index contributed by atoms with van der Waals surface area (Å²) in [6.07, 6.45) is 1.10. The molecular formula is C6H18Cl2N2O2S. The van der Waals surface area contributed by atoms with Crippen LogP contribution in [-0.4, -0.2) is 33.0 Å². The van der Waals surface area contributed by atoms with Crippen LogP contribution >= 0.6 is 24.8 Å². The van der Waals surface area contributed by atoms with Crippen molar-refractivity contribution in [1.29, 1.82) is 0 Å². The van der Waals surface area contributed by atoms with Crippen LogP contribution in [0.4, 0.5) is 0 Å². The maximum absolute atomic E-state index is 11.0. The molecule has 0 spiro atoms. The fourth-order valence-electron chi connectivity index (χ4n) is 0.709. The minimum atomic E-state index is -2.87. The first-order valence-corrected chi connectivity index (χ1v) is 5.55. The lowest BCUT2D eigenvalue weighted by Gasteiger charge is -2.00. The molecule has 0 amide bonds. The Morgan fingerprint density at radius 1 is 0.846 bits per heavy atom. The van der Waals surface area contributed by atoms with Crippen molar-refractivity contribution in [1.82, 2.24) is 0 Å². The van der Waals surface area contributed by atoms with Crippen molar-refractivity contribution in [2.24, 2.45) is 11.5 Å². The zero-order chi connectivity index (χ0) is 8.74. The van der Waals surface area contributed by atoms with Crippen molar-refractivity contribution in [2.75, 3.05) is 24.6 Å². The van der Waals surface area contributed by atoms with E-state index in [0.29, 0.717) is 25.9 Å². The van der Waals surface area contributed by atoms with Gasteiger partial charge in [-0.2, -0.15) is 0 Å². The Morgan fingerprint density at radius 3 is 1.38 bits per heavy atom. The van der Waals surface area contributed by atoms with Gasteiger partial charge in [-0.15, -0.1) is 24.8 Å². The summed E-state index contributed by atoms with van der Waals surface area (Å²) in [5.74, 6) is 0.396. The third-order valence-electron chi connectivity index (χ3n) is 1.32. The predicted molar refractivity (Wildman–Crippen MR) is 60.5 cm³/mol. The summed E-state index contributed by atoms with van der Waals surface area (Å²) in [5.41, 5.74) is 10.4. The summed E-state index contributed by atoms with van der Waals surface area (Å²) in [6, 6.07) is 0. The van der Waals surface area contributed by atoms with Gasteiger partial charge in [0.05, 0.1) is 11.5 Å². The summed E-state index contributed by atoms with van der Waals surface area (Å²) in [6.45, 7) is 0.865. The number of halogens is 2. The highest BCUT2D eigenvalue weighted by molar-refractivity contribution is 7.91. The number of rotatable bonds is 6. The van der Waals surface area contributed by atoms with E-state index in [1.807, 2.05) is 0 Å². The highest BCUT2D eigenvalue weighted by Gasteiger charge is 2.07. The molecule has 0 saturated heterocycles. The van der Waals surface area contributed by atoms with Crippen LogP contribution in [0.25, 0.3) is 0 Å². The van der Waals surface area contributed by atoms with E-state index in [-0.39, 0.29) is 36.3 Å². The van der Waals surface area contributed by atoms with E-state index in [1.54, 1.807) is 0 Å². The van der Waals surface area contributed by atoms with E-state index in [1.165, 1.54) is 0 Å². The molecule has 0 unspecified atom stereocenters. The molecule has 0 atom stereocenters. The SMILES string of the molecule is Cl.Cl.NCCCS(=O)(=O)CCCN. The van der Waals surface area contributed by atoms with E-state index in [0.717, 1.165) is 0 Å². The highest BCUT2D eigenvalue weighted by Crippen LogP contribution is 1.94. The Labute approximate surface area is 92.2 Å². The molecule has 0 aromatic heterocycles. The van der Waals surface area contributed by atoms with Crippen LogP contribution in [-0.2, 0) is 9.84 Å². The summed E-state index contributed by atoms with van der Waals surface area (Å²) in [5, 5.41) is 0. The molecule has 13 heavy (non-hydrogen) atoms. The molecule has 4 N–H and O–H groups in total. The second-order valence-electron chi connectivity index (χ2n) is 2.44. The quantitative estimate of drug-likeness (QED) is 0.694. The van der Waals surface area contributed by atoms with Gasteiger partial charge in [-0.1, -0.05) is 0 Å². The molecule has 0 fully saturated rings. The molecule has 0 radical (unpaired) electrons. The smallest absolute Gasteiger partial charge is 0.150 e. The van der Waals surface area contributed by atoms with Gasteiger partial charge in [-0.05, 0) is 25.9 Å². The summed E-state index contributed by atoms with van der Waals surface area (Å²) < 4.78 is 22.1. The topological polar surface area (TPSA) is 86.2 Å². The standard InChI is InChI=1S/C6H16N2O2S.2ClH/c7-3-1-5-11(9,10)6-2-4-8;;/h1-8H2;2*1H. The van der Waals surface area contributed by atoms with E-state index >= 15 is 0 Å². The van der Waals surface area contributed by atoms with E-state index in [9.17, 15) is 8.42 Å². The minimum absolute atomic E-state index is 0. The Morgan fingerprint density at radius 2 is 1.15 bits per heavy atom. The van der Waals surface area contributed by atoms with Crippen molar-refractivity contribution in [3.8, 4) is 0 Å². The molecule has 0 aromatic rings. The predicted octanol–water partition coefficient (Wildman–Crippen LogP) is -0.0576. The van der Waals surface area contributed by atoms with Gasteiger partial charge in [-0.3, -0.25) is 0 Å². The van der Waals surface area contributed by atoms with Crippen LogP contribution in [0.2, 0.25) is 0 Å². The molecule has 0 rings (SSSR count). The van der Waals surface area contributed by atoms with Crippen molar-refractivity contribution in [2.45, 2.75) is 12.8 Å². The molecule has 0 saturated carbocycles. The fourth-order valence-corrected chi connectivity index (χ4v) is 2.13. The largest absolute Gasteiger partial charge is 0.330 e. The number of sulfone groups is 1. The highest BCUT2D eigenvalue weighted by atomic mass is 35.5. The third-order valence-corrected chi connectivity index (χ3v) is 3.14. The lowest BCUT2D eigenvalue weighted by Crippen LogP contribution is -2.16. The maximum Gasteiger partial charge on any atom is 0.150 e. The second-order valence-corrected chi connectivity index (χ2v) is 4.74. The lowest BCUT2D eigenvalue weighted by atomic mass is 10.5. The van der Waals surface area contributed by atoms with Crippen molar-refractivity contribution in [3.05, 3.63) is 0 Å². The van der Waals surface area contributed by atoms with Crippen LogP contribution in [0.1, 0.15) is 12.8 Å². The normalized spacial score (nSPS) is 10.0. The third kappa shape index (κ3) is 12.4. The van der Waals surface area contributed by atoms with Crippen molar-refractivity contribution in [3.63, 3.8) is 0 Å². The first-order chi connectivity index (χ1) is 5.12. The van der Waals surface area contributed by atoms with E-state index < -0.39 is 9.84 Å². The molecule has 0 heterocycles. The summed E-state index contributed by atoms with van der Waals surface area (Å²) in [4.78, 5) is 0. The zero-order valence-corrected chi connectivity index (χ0v) is 9.89. The van der Waals surface area contributed by atoms with Gasteiger partial charge >= 0.3 is 0 Å². The van der Waals surface area contributed by atoms with Gasteiger partial charge < -0.3 is 11.5 Å². The maximum atomic E-state index is 11.0. The van der Waals surface area contributed by atoms with Crippen molar-refractivity contribution >= 4 is 34.7 Å². The van der Waals surface area contributed by atoms with Crippen molar-refractivity contribution < 1.29 is 8.42 Å². The minimum Gasteiger partial charge on any atom is -0.330 e. The zero-order valence-electron chi connectivity index (χ0n) is 7.44. The average molecular weight is 253 g/mol. The molecule has 0 aliphatic carbocycles. The lowest BCUT2D eigenvalue weighted by molar-refractivity contribution is 0.591. The van der Waals surface area contributed by atoms with E-state index in [4.69, 9.17) is 11.5 Å². The first-order valence-electron chi connectivity index (χ1n) is 3.73. The number of hydrogen-bond acceptors (Lipinski definition) is 4. The first kappa shape index (κ1) is 19.1. The Balaban J connectivity index is -0.000000500. The molecule has 0 bridgehead atoms. The number of hydrogen-bond donors (Lipinski definition) is 2. The average Bonchev–Trinajstić information content (AvgIpc) is 1.97. The van der Waals surface area contributed by atoms with Gasteiger partial charge in [0.1, 0.15) is 9.84 Å². The van der Waals surface area contributed by atoms with Crippen LogP contribution < -0.4 is 11.5 Å². The van der Waals surface area contributed by atoms with Crippen LogP contribution in [0.3, 0.4) is 0 Å². The van der Waals surface area contributed by atoms with Crippen LogP contribution in [0.15, 0.2) is 0 Å². The molecule has 4 nitrogen and oxygen atoms in total. The van der Waals surface area contributed by atoms with Gasteiger partial charge in [0.2, 0.25) is 0 Å². The summed E-state index contributed by atoms with van der Waals surface area (Å²) >= 11 is 0. The second kappa shape index (κ2) is 10.5. The van der Waals surface area contributed by atoms with Gasteiger partial charge in [0, 0.05) is 0 Å². The fraction of sp³-hybridized carbons (Fsp3) is 1.00. The van der Waals surface area contributed by atoms with E-state index in [2.05, 4.69) is 0 Å². The molecular weight excluding hydrogens is 235 g/mol. The molecule has 0 aliphatic heterocycles. The Bertz CT molecular complexity index is 171. The number of nitrogens with two attached hydrogens (primary N) is 2. The molecule has 84 valence electrons. The molecule has 0 aliphatic rings. The van der Waals surface area contributed by atoms with Crippen LogP contribution in [0.5, 0.6) is 0 Å². The van der Waals surface area contributed by atoms with Gasteiger partial charge in [0.25, 0.3) is 0 Å².